The minimum atomic E-state index is -0.819. The number of aliphatic hydroxyl groups is 1. The van der Waals surface area contributed by atoms with Gasteiger partial charge in [-0.1, -0.05) is 18.2 Å². The van der Waals surface area contributed by atoms with Crippen LogP contribution in [0.4, 0.5) is 4.39 Å². The molecule has 1 unspecified atom stereocenters. The van der Waals surface area contributed by atoms with Crippen LogP contribution in [0.3, 0.4) is 0 Å². The Morgan fingerprint density at radius 3 is 2.30 bits per heavy atom. The Morgan fingerprint density at radius 1 is 1.20 bits per heavy atom. The first-order valence-corrected chi connectivity index (χ1v) is 7.04. The van der Waals surface area contributed by atoms with Crippen LogP contribution in [0.15, 0.2) is 24.3 Å². The third-order valence-electron chi connectivity index (χ3n) is 3.46. The van der Waals surface area contributed by atoms with Crippen molar-refractivity contribution >= 4 is 0 Å². The lowest BCUT2D eigenvalue weighted by atomic mass is 9.98. The van der Waals surface area contributed by atoms with Crippen molar-refractivity contribution in [1.82, 2.24) is 4.90 Å². The second-order valence-electron chi connectivity index (χ2n) is 6.83. The van der Waals surface area contributed by atoms with Crippen molar-refractivity contribution in [3.63, 3.8) is 0 Å². The molecule has 0 radical (unpaired) electrons. The highest BCUT2D eigenvalue weighted by Gasteiger charge is 2.38. The van der Waals surface area contributed by atoms with Gasteiger partial charge in [0.05, 0.1) is 17.3 Å². The zero-order chi connectivity index (χ0) is 15.0. The third-order valence-corrected chi connectivity index (χ3v) is 3.46. The minimum absolute atomic E-state index is 0.267. The van der Waals surface area contributed by atoms with Crippen molar-refractivity contribution in [1.29, 1.82) is 0 Å². The number of nitrogens with zero attached hydrogens (tertiary/aromatic N) is 1. The smallest absolute Gasteiger partial charge is 0.129 e. The molecular weight excluding hydrogens is 257 g/mol. The number of hydrogen-bond acceptors (Lipinski definition) is 3. The molecule has 1 aliphatic heterocycles. The summed E-state index contributed by atoms with van der Waals surface area (Å²) in [5.41, 5.74) is -0.178. The molecule has 0 spiro atoms. The quantitative estimate of drug-likeness (QED) is 0.924. The lowest BCUT2D eigenvalue weighted by Crippen LogP contribution is -2.57. The van der Waals surface area contributed by atoms with Crippen LogP contribution in [-0.4, -0.2) is 40.8 Å². The van der Waals surface area contributed by atoms with Gasteiger partial charge in [-0.3, -0.25) is 4.90 Å². The number of rotatable bonds is 3. The fourth-order valence-electron chi connectivity index (χ4n) is 3.16. The summed E-state index contributed by atoms with van der Waals surface area (Å²) < 4.78 is 19.7. The minimum Gasteiger partial charge on any atom is -0.387 e. The third kappa shape index (κ3) is 3.78. The van der Waals surface area contributed by atoms with Gasteiger partial charge in [0, 0.05) is 25.2 Å². The predicted octanol–water partition coefficient (Wildman–Crippen LogP) is 2.75. The van der Waals surface area contributed by atoms with E-state index in [1.54, 1.807) is 18.2 Å². The standard InChI is InChI=1S/C16H24FNO2/c1-15(2)10-18(11-16(3,4)20-15)9-14(19)12-7-5-6-8-13(12)17/h5-8,14,19H,9-11H2,1-4H3. The maximum Gasteiger partial charge on any atom is 0.129 e. The first-order valence-electron chi connectivity index (χ1n) is 7.04. The normalized spacial score (nSPS) is 23.5. The summed E-state index contributed by atoms with van der Waals surface area (Å²) in [5, 5.41) is 10.3. The fraction of sp³-hybridized carbons (Fsp3) is 0.625. The van der Waals surface area contributed by atoms with Crippen molar-refractivity contribution in [3.8, 4) is 0 Å². The van der Waals surface area contributed by atoms with Crippen LogP contribution in [0.5, 0.6) is 0 Å². The Hall–Kier alpha value is -0.970. The van der Waals surface area contributed by atoms with Crippen LogP contribution in [0.1, 0.15) is 39.4 Å². The summed E-state index contributed by atoms with van der Waals surface area (Å²) in [4.78, 5) is 2.14. The summed E-state index contributed by atoms with van der Waals surface area (Å²) in [6.07, 6.45) is -0.819. The Bertz CT molecular complexity index is 457. The molecule has 0 aliphatic carbocycles. The van der Waals surface area contributed by atoms with Crippen molar-refractivity contribution < 1.29 is 14.2 Å². The van der Waals surface area contributed by atoms with Gasteiger partial charge < -0.3 is 9.84 Å². The van der Waals surface area contributed by atoms with Gasteiger partial charge in [-0.15, -0.1) is 0 Å². The fourth-order valence-corrected chi connectivity index (χ4v) is 3.16. The molecule has 1 aromatic rings. The van der Waals surface area contributed by atoms with E-state index in [0.717, 1.165) is 13.1 Å². The monoisotopic (exact) mass is 281 g/mol. The highest BCUT2D eigenvalue weighted by Crippen LogP contribution is 2.29. The largest absolute Gasteiger partial charge is 0.387 e. The van der Waals surface area contributed by atoms with Gasteiger partial charge in [-0.05, 0) is 33.8 Å². The van der Waals surface area contributed by atoms with E-state index < -0.39 is 6.10 Å². The van der Waals surface area contributed by atoms with Crippen LogP contribution in [-0.2, 0) is 4.74 Å². The number of morpholine rings is 1. The number of hydrogen-bond donors (Lipinski definition) is 1. The SMILES string of the molecule is CC1(C)CN(CC(O)c2ccccc2F)CC(C)(C)O1. The Morgan fingerprint density at radius 2 is 1.75 bits per heavy atom. The van der Waals surface area contributed by atoms with Gasteiger partial charge in [-0.25, -0.2) is 4.39 Å². The van der Waals surface area contributed by atoms with Gasteiger partial charge in [0.2, 0.25) is 0 Å². The van der Waals surface area contributed by atoms with Gasteiger partial charge in [0.25, 0.3) is 0 Å². The predicted molar refractivity (Wildman–Crippen MR) is 77.0 cm³/mol. The number of β-amino-alcohol motifs (C(OH)–C–C–N with tert-alkyl or cyclic N) is 1. The molecule has 1 atom stereocenters. The Kier molecular flexibility index (Phi) is 4.19. The molecule has 0 saturated carbocycles. The maximum atomic E-state index is 13.7. The molecule has 1 aliphatic rings. The summed E-state index contributed by atoms with van der Waals surface area (Å²) in [7, 11) is 0. The molecule has 3 nitrogen and oxygen atoms in total. The van der Waals surface area contributed by atoms with E-state index >= 15 is 0 Å². The van der Waals surface area contributed by atoms with Crippen molar-refractivity contribution in [2.24, 2.45) is 0 Å². The van der Waals surface area contributed by atoms with Crippen molar-refractivity contribution in [2.75, 3.05) is 19.6 Å². The number of benzene rings is 1. The zero-order valence-corrected chi connectivity index (χ0v) is 12.7. The topological polar surface area (TPSA) is 32.7 Å². The highest BCUT2D eigenvalue weighted by molar-refractivity contribution is 5.20. The van der Waals surface area contributed by atoms with E-state index in [0.29, 0.717) is 12.1 Å². The summed E-state index contributed by atoms with van der Waals surface area (Å²) in [6.45, 7) is 10.0. The molecule has 1 heterocycles. The zero-order valence-electron chi connectivity index (χ0n) is 12.7. The van der Waals surface area contributed by atoms with E-state index in [1.807, 2.05) is 27.7 Å². The van der Waals surface area contributed by atoms with Crippen LogP contribution in [0.25, 0.3) is 0 Å². The first kappa shape index (κ1) is 15.4. The lowest BCUT2D eigenvalue weighted by Gasteiger charge is -2.47. The number of aliphatic hydroxyl groups excluding tert-OH is 1. The second kappa shape index (κ2) is 5.43. The van der Waals surface area contributed by atoms with Crippen molar-refractivity contribution in [2.45, 2.75) is 45.0 Å². The summed E-state index contributed by atoms with van der Waals surface area (Å²) >= 11 is 0. The Balaban J connectivity index is 2.08. The molecule has 0 aromatic heterocycles. The van der Waals surface area contributed by atoms with Gasteiger partial charge in [0.1, 0.15) is 5.82 Å². The van der Waals surface area contributed by atoms with Crippen LogP contribution < -0.4 is 0 Å². The van der Waals surface area contributed by atoms with Crippen LogP contribution >= 0.6 is 0 Å². The van der Waals surface area contributed by atoms with Crippen LogP contribution in [0.2, 0.25) is 0 Å². The Labute approximate surface area is 120 Å². The van der Waals surface area contributed by atoms with E-state index in [9.17, 15) is 9.50 Å². The van der Waals surface area contributed by atoms with E-state index in [-0.39, 0.29) is 17.0 Å². The van der Waals surface area contributed by atoms with Crippen LogP contribution in [0, 0.1) is 5.82 Å². The number of halogens is 1. The maximum absolute atomic E-state index is 13.7. The molecule has 1 fully saturated rings. The molecule has 4 heteroatoms. The van der Waals surface area contributed by atoms with E-state index in [1.165, 1.54) is 6.07 Å². The first-order chi connectivity index (χ1) is 9.19. The summed E-state index contributed by atoms with van der Waals surface area (Å²) in [5.74, 6) is -0.355. The highest BCUT2D eigenvalue weighted by atomic mass is 19.1. The van der Waals surface area contributed by atoms with Gasteiger partial charge in [-0.2, -0.15) is 0 Å². The molecule has 1 aromatic carbocycles. The van der Waals surface area contributed by atoms with E-state index in [4.69, 9.17) is 4.74 Å². The van der Waals surface area contributed by atoms with Gasteiger partial charge in [0.15, 0.2) is 0 Å². The molecule has 1 saturated heterocycles. The van der Waals surface area contributed by atoms with Gasteiger partial charge >= 0.3 is 0 Å². The molecule has 1 N–H and O–H groups in total. The lowest BCUT2D eigenvalue weighted by molar-refractivity contribution is -0.183. The van der Waals surface area contributed by atoms with Crippen molar-refractivity contribution in [3.05, 3.63) is 35.6 Å². The second-order valence-corrected chi connectivity index (χ2v) is 6.83. The molecule has 20 heavy (non-hydrogen) atoms. The number of ether oxygens (including phenoxy) is 1. The van der Waals surface area contributed by atoms with E-state index in [2.05, 4.69) is 4.90 Å². The average Bonchev–Trinajstić information content (AvgIpc) is 2.24. The average molecular weight is 281 g/mol. The molecule has 0 amide bonds. The molecule has 0 bridgehead atoms. The molecule has 2 rings (SSSR count). The molecular formula is C16H24FNO2. The summed E-state index contributed by atoms with van der Waals surface area (Å²) in [6, 6.07) is 6.39. The molecule has 112 valence electrons.